The van der Waals surface area contributed by atoms with Gasteiger partial charge in [-0.25, -0.2) is 9.97 Å². The van der Waals surface area contributed by atoms with Crippen LogP contribution in [0.25, 0.3) is 22.5 Å². The molecule has 0 atom stereocenters. The van der Waals surface area contributed by atoms with Gasteiger partial charge < -0.3 is 20.9 Å². The van der Waals surface area contributed by atoms with Crippen LogP contribution in [-0.4, -0.2) is 81.7 Å². The minimum absolute atomic E-state index is 0.361. The molecule has 0 spiro atoms. The summed E-state index contributed by atoms with van der Waals surface area (Å²) >= 11 is 0. The first-order valence-corrected chi connectivity index (χ1v) is 13.1. The van der Waals surface area contributed by atoms with Crippen LogP contribution < -0.4 is 11.1 Å². The van der Waals surface area contributed by atoms with Gasteiger partial charge >= 0.3 is 0 Å². The molecule has 1 aliphatic heterocycles. The topological polar surface area (TPSA) is 100 Å². The molecule has 1 aromatic carbocycles. The molecule has 0 amide bonds. The van der Waals surface area contributed by atoms with Crippen molar-refractivity contribution in [3.63, 3.8) is 0 Å². The Morgan fingerprint density at radius 3 is 2.73 bits per heavy atom. The number of benzene rings is 1. The zero-order valence-corrected chi connectivity index (χ0v) is 22.1. The summed E-state index contributed by atoms with van der Waals surface area (Å²) < 4.78 is 1.95. The fourth-order valence-electron chi connectivity index (χ4n) is 5.30. The van der Waals surface area contributed by atoms with Crippen molar-refractivity contribution in [1.29, 1.82) is 0 Å². The van der Waals surface area contributed by atoms with E-state index in [4.69, 9.17) is 15.8 Å². The number of amidine groups is 1. The minimum Gasteiger partial charge on any atom is -0.389 e. The van der Waals surface area contributed by atoms with Gasteiger partial charge in [0.05, 0.1) is 17.1 Å². The van der Waals surface area contributed by atoms with E-state index in [0.29, 0.717) is 17.8 Å². The molecule has 3 aromatic rings. The van der Waals surface area contributed by atoms with Gasteiger partial charge in [0.25, 0.3) is 5.95 Å². The SMILES string of the molecule is CN(C)C1CCN(CCN/C=C\C(N)=Nc2ncc3c(n2)-c2c(nn(C)c2-c2ccccc2)CC3)CC1. The number of aromatic nitrogens is 4. The quantitative estimate of drug-likeness (QED) is 0.279. The maximum Gasteiger partial charge on any atom is 0.251 e. The number of piperidine rings is 1. The van der Waals surface area contributed by atoms with E-state index in [1.165, 1.54) is 12.8 Å². The number of aryl methyl sites for hydroxylation is 3. The Morgan fingerprint density at radius 2 is 1.97 bits per heavy atom. The second-order valence-electron chi connectivity index (χ2n) is 10.1. The summed E-state index contributed by atoms with van der Waals surface area (Å²) in [5.74, 6) is 0.727. The third-order valence-corrected chi connectivity index (χ3v) is 7.35. The van der Waals surface area contributed by atoms with Crippen LogP contribution in [-0.2, 0) is 19.9 Å². The van der Waals surface area contributed by atoms with E-state index in [1.54, 1.807) is 6.08 Å². The van der Waals surface area contributed by atoms with Crippen molar-refractivity contribution in [2.24, 2.45) is 17.8 Å². The average molecular weight is 500 g/mol. The lowest BCUT2D eigenvalue weighted by molar-refractivity contribution is 0.146. The van der Waals surface area contributed by atoms with Crippen LogP contribution in [0.1, 0.15) is 24.1 Å². The van der Waals surface area contributed by atoms with E-state index in [1.807, 2.05) is 42.3 Å². The highest BCUT2D eigenvalue weighted by Gasteiger charge is 2.27. The number of rotatable bonds is 8. The van der Waals surface area contributed by atoms with Crippen LogP contribution in [0.5, 0.6) is 0 Å². The Balaban J connectivity index is 1.24. The number of nitrogens with two attached hydrogens (primary N) is 1. The molecule has 5 rings (SSSR count). The van der Waals surface area contributed by atoms with Crippen molar-refractivity contribution in [1.82, 2.24) is 34.9 Å². The first-order valence-electron chi connectivity index (χ1n) is 13.1. The average Bonchev–Trinajstić information content (AvgIpc) is 3.25. The molecule has 37 heavy (non-hydrogen) atoms. The first-order chi connectivity index (χ1) is 18.0. The van der Waals surface area contributed by atoms with Crippen molar-refractivity contribution < 1.29 is 0 Å². The third-order valence-electron chi connectivity index (χ3n) is 7.35. The van der Waals surface area contributed by atoms with E-state index < -0.39 is 0 Å². The van der Waals surface area contributed by atoms with Crippen LogP contribution in [0.3, 0.4) is 0 Å². The van der Waals surface area contributed by atoms with Crippen molar-refractivity contribution in [3.05, 3.63) is 60.1 Å². The van der Waals surface area contributed by atoms with E-state index in [9.17, 15) is 0 Å². The van der Waals surface area contributed by atoms with Crippen LogP contribution in [0.4, 0.5) is 5.95 Å². The van der Waals surface area contributed by atoms with Gasteiger partial charge in [0.15, 0.2) is 0 Å². The van der Waals surface area contributed by atoms with Gasteiger partial charge in [-0.3, -0.25) is 4.68 Å². The smallest absolute Gasteiger partial charge is 0.251 e. The zero-order valence-electron chi connectivity index (χ0n) is 22.1. The number of aliphatic imine (C=N–C) groups is 1. The van der Waals surface area contributed by atoms with Gasteiger partial charge in [-0.1, -0.05) is 30.3 Å². The molecule has 3 heterocycles. The highest BCUT2D eigenvalue weighted by Crippen LogP contribution is 2.39. The number of fused-ring (bicyclic) bond motifs is 3. The molecule has 1 aliphatic carbocycles. The van der Waals surface area contributed by atoms with E-state index >= 15 is 0 Å². The van der Waals surface area contributed by atoms with Gasteiger partial charge in [0, 0.05) is 49.7 Å². The molecule has 0 radical (unpaired) electrons. The lowest BCUT2D eigenvalue weighted by Gasteiger charge is -2.35. The Hall–Kier alpha value is -3.56. The number of nitrogens with one attached hydrogen (secondary N) is 1. The summed E-state index contributed by atoms with van der Waals surface area (Å²) in [6.45, 7) is 4.20. The van der Waals surface area contributed by atoms with Crippen LogP contribution in [0.2, 0.25) is 0 Å². The molecular weight excluding hydrogens is 462 g/mol. The zero-order chi connectivity index (χ0) is 25.8. The summed E-state index contributed by atoms with van der Waals surface area (Å²) in [5.41, 5.74) is 12.5. The minimum atomic E-state index is 0.361. The van der Waals surface area contributed by atoms with Gasteiger partial charge in [0.2, 0.25) is 0 Å². The molecule has 2 aliphatic rings. The molecule has 0 unspecified atom stereocenters. The third kappa shape index (κ3) is 5.73. The molecule has 1 saturated heterocycles. The largest absolute Gasteiger partial charge is 0.389 e. The predicted octanol–water partition coefficient (Wildman–Crippen LogP) is 2.76. The lowest BCUT2D eigenvalue weighted by atomic mass is 9.91. The van der Waals surface area contributed by atoms with Crippen LogP contribution in [0, 0.1) is 0 Å². The standard InChI is InChI=1S/C28H37N9/c1-35(2)22-12-16-37(17-13-22)18-15-30-14-11-24(29)32-28-31-19-21-9-10-23-25(26(21)33-28)27(36(3)34-23)20-7-5-4-6-8-20/h4-8,11,14,19,22,30H,9-10,12-13,15-18H2,1-3H3,(H2,29,31,32,33)/b14-11-. The summed E-state index contributed by atoms with van der Waals surface area (Å²) in [6, 6.07) is 11.0. The van der Waals surface area contributed by atoms with E-state index in [-0.39, 0.29) is 0 Å². The second kappa shape index (κ2) is 11.2. The Labute approximate surface area is 219 Å². The Bertz CT molecular complexity index is 1270. The fraction of sp³-hybridized carbons (Fsp3) is 0.429. The van der Waals surface area contributed by atoms with Gasteiger partial charge in [0.1, 0.15) is 5.84 Å². The Kier molecular flexibility index (Phi) is 7.62. The molecule has 2 aromatic heterocycles. The monoisotopic (exact) mass is 499 g/mol. The molecule has 1 fully saturated rings. The normalized spacial score (nSPS) is 16.8. The van der Waals surface area contributed by atoms with Crippen molar-refractivity contribution in [3.8, 4) is 22.5 Å². The van der Waals surface area contributed by atoms with Gasteiger partial charge in [-0.15, -0.1) is 0 Å². The number of hydrogen-bond acceptors (Lipinski definition) is 7. The molecule has 194 valence electrons. The predicted molar refractivity (Wildman–Crippen MR) is 149 cm³/mol. The number of nitrogens with zero attached hydrogens (tertiary/aromatic N) is 7. The number of hydrogen-bond donors (Lipinski definition) is 2. The molecule has 0 bridgehead atoms. The highest BCUT2D eigenvalue weighted by molar-refractivity contribution is 5.93. The molecule has 3 N–H and O–H groups in total. The van der Waals surface area contributed by atoms with Crippen LogP contribution in [0.15, 0.2) is 53.8 Å². The van der Waals surface area contributed by atoms with E-state index in [2.05, 4.69) is 51.3 Å². The van der Waals surface area contributed by atoms with Crippen molar-refractivity contribution in [2.45, 2.75) is 31.7 Å². The molecule has 0 saturated carbocycles. The first kappa shape index (κ1) is 25.1. The van der Waals surface area contributed by atoms with Gasteiger partial charge in [-0.2, -0.15) is 10.1 Å². The molecular formula is C28H37N9. The molecule has 9 nitrogen and oxygen atoms in total. The Morgan fingerprint density at radius 1 is 1.19 bits per heavy atom. The van der Waals surface area contributed by atoms with Crippen molar-refractivity contribution in [2.75, 3.05) is 40.3 Å². The summed E-state index contributed by atoms with van der Waals surface area (Å²) in [7, 11) is 6.33. The van der Waals surface area contributed by atoms with E-state index in [0.717, 1.165) is 72.8 Å². The van der Waals surface area contributed by atoms with Crippen LogP contribution >= 0.6 is 0 Å². The summed E-state index contributed by atoms with van der Waals surface area (Å²) in [6.07, 6.45) is 9.71. The molecule has 9 heteroatoms. The maximum atomic E-state index is 6.18. The fourth-order valence-corrected chi connectivity index (χ4v) is 5.30. The highest BCUT2D eigenvalue weighted by atomic mass is 15.3. The van der Waals surface area contributed by atoms with Gasteiger partial charge in [-0.05, 0) is 64.5 Å². The summed E-state index contributed by atoms with van der Waals surface area (Å²) in [4.78, 5) is 18.6. The lowest BCUT2D eigenvalue weighted by Crippen LogP contribution is -2.43. The summed E-state index contributed by atoms with van der Waals surface area (Å²) in [5, 5.41) is 8.12. The van der Waals surface area contributed by atoms with Crippen molar-refractivity contribution >= 4 is 11.8 Å². The number of likely N-dealkylation sites (tertiary alicyclic amines) is 1. The maximum absolute atomic E-state index is 6.18. The second-order valence-corrected chi connectivity index (χ2v) is 10.1.